The molecule has 0 bridgehead atoms. The summed E-state index contributed by atoms with van der Waals surface area (Å²) in [6, 6.07) is 3.94. The lowest BCUT2D eigenvalue weighted by atomic mass is 9.97. The van der Waals surface area contributed by atoms with E-state index in [2.05, 4.69) is 33.2 Å². The molecular formula is C12H19BrN2O. The fourth-order valence-corrected chi connectivity index (χ4v) is 2.45. The van der Waals surface area contributed by atoms with Crippen LogP contribution in [0.4, 0.5) is 0 Å². The molecule has 4 heteroatoms. The molecule has 0 atom stereocenters. The first kappa shape index (κ1) is 12.1. The number of piperidine rings is 1. The van der Waals surface area contributed by atoms with Gasteiger partial charge in [-0.3, -0.25) is 0 Å². The van der Waals surface area contributed by atoms with Crippen molar-refractivity contribution in [1.29, 1.82) is 0 Å². The van der Waals surface area contributed by atoms with Gasteiger partial charge in [-0.1, -0.05) is 0 Å². The van der Waals surface area contributed by atoms with E-state index in [4.69, 9.17) is 4.42 Å². The van der Waals surface area contributed by atoms with Crippen molar-refractivity contribution in [1.82, 2.24) is 10.2 Å². The first-order valence-corrected chi connectivity index (χ1v) is 6.67. The van der Waals surface area contributed by atoms with E-state index in [9.17, 15) is 0 Å². The predicted molar refractivity (Wildman–Crippen MR) is 68.3 cm³/mol. The van der Waals surface area contributed by atoms with Gasteiger partial charge < -0.3 is 14.6 Å². The topological polar surface area (TPSA) is 28.4 Å². The Bertz CT molecular complexity index is 319. The van der Waals surface area contributed by atoms with E-state index in [1.807, 2.05) is 12.1 Å². The van der Waals surface area contributed by atoms with E-state index >= 15 is 0 Å². The second-order valence-corrected chi connectivity index (χ2v) is 5.36. The van der Waals surface area contributed by atoms with Crippen LogP contribution in [0.3, 0.4) is 0 Å². The molecular weight excluding hydrogens is 268 g/mol. The van der Waals surface area contributed by atoms with Crippen molar-refractivity contribution in [2.24, 2.45) is 5.92 Å². The van der Waals surface area contributed by atoms with Gasteiger partial charge in [0.1, 0.15) is 5.76 Å². The van der Waals surface area contributed by atoms with Crippen molar-refractivity contribution in [3.63, 3.8) is 0 Å². The lowest BCUT2D eigenvalue weighted by Crippen LogP contribution is -2.34. The Morgan fingerprint density at radius 1 is 1.44 bits per heavy atom. The molecule has 1 aromatic heterocycles. The Morgan fingerprint density at radius 2 is 2.19 bits per heavy atom. The third-order valence-electron chi connectivity index (χ3n) is 3.20. The Morgan fingerprint density at radius 3 is 2.81 bits per heavy atom. The lowest BCUT2D eigenvalue weighted by Gasteiger charge is -2.28. The van der Waals surface area contributed by atoms with Crippen LogP contribution in [0.15, 0.2) is 21.2 Å². The average Bonchev–Trinajstić information content (AvgIpc) is 2.67. The van der Waals surface area contributed by atoms with Crippen molar-refractivity contribution in [3.05, 3.63) is 22.6 Å². The van der Waals surface area contributed by atoms with Crippen molar-refractivity contribution < 1.29 is 4.42 Å². The molecule has 1 N–H and O–H groups in total. The SMILES string of the molecule is CN1CCC(CNCc2ccc(Br)o2)CC1. The number of furan rings is 1. The van der Waals surface area contributed by atoms with Crippen LogP contribution in [-0.2, 0) is 6.54 Å². The van der Waals surface area contributed by atoms with Crippen molar-refractivity contribution in [3.8, 4) is 0 Å². The molecule has 0 aliphatic carbocycles. The second kappa shape index (κ2) is 5.84. The van der Waals surface area contributed by atoms with Gasteiger partial charge in [0.15, 0.2) is 4.67 Å². The van der Waals surface area contributed by atoms with Gasteiger partial charge in [0.25, 0.3) is 0 Å². The molecule has 2 rings (SSSR count). The van der Waals surface area contributed by atoms with Crippen LogP contribution >= 0.6 is 15.9 Å². The lowest BCUT2D eigenvalue weighted by molar-refractivity contribution is 0.215. The quantitative estimate of drug-likeness (QED) is 0.922. The second-order valence-electron chi connectivity index (χ2n) is 4.58. The fraction of sp³-hybridized carbons (Fsp3) is 0.667. The van der Waals surface area contributed by atoms with Crippen LogP contribution < -0.4 is 5.32 Å². The number of likely N-dealkylation sites (tertiary alicyclic amines) is 1. The molecule has 16 heavy (non-hydrogen) atoms. The zero-order valence-electron chi connectivity index (χ0n) is 9.71. The fourth-order valence-electron chi connectivity index (χ4n) is 2.11. The summed E-state index contributed by atoms with van der Waals surface area (Å²) in [5, 5.41) is 3.47. The summed E-state index contributed by atoms with van der Waals surface area (Å²) >= 11 is 3.31. The molecule has 0 amide bonds. The van der Waals surface area contributed by atoms with Crippen molar-refractivity contribution >= 4 is 15.9 Å². The van der Waals surface area contributed by atoms with E-state index in [-0.39, 0.29) is 0 Å². The number of rotatable bonds is 4. The van der Waals surface area contributed by atoms with Crippen LogP contribution in [0.1, 0.15) is 18.6 Å². The smallest absolute Gasteiger partial charge is 0.169 e. The summed E-state index contributed by atoms with van der Waals surface area (Å²) < 4.78 is 6.24. The van der Waals surface area contributed by atoms with Crippen LogP contribution in [0.25, 0.3) is 0 Å². The number of hydrogen-bond donors (Lipinski definition) is 1. The van der Waals surface area contributed by atoms with Gasteiger partial charge in [-0.15, -0.1) is 0 Å². The maximum absolute atomic E-state index is 5.44. The molecule has 0 unspecified atom stereocenters. The molecule has 0 saturated carbocycles. The van der Waals surface area contributed by atoms with Crippen LogP contribution in [-0.4, -0.2) is 31.6 Å². The monoisotopic (exact) mass is 286 g/mol. The summed E-state index contributed by atoms with van der Waals surface area (Å²) in [4.78, 5) is 2.40. The summed E-state index contributed by atoms with van der Waals surface area (Å²) in [6.07, 6.45) is 2.62. The summed E-state index contributed by atoms with van der Waals surface area (Å²) in [6.45, 7) is 4.40. The Labute approximate surface area is 105 Å². The molecule has 1 aliphatic heterocycles. The number of halogens is 1. The Kier molecular flexibility index (Phi) is 4.44. The van der Waals surface area contributed by atoms with Gasteiger partial charge in [0, 0.05) is 0 Å². The molecule has 0 aromatic carbocycles. The summed E-state index contributed by atoms with van der Waals surface area (Å²) in [7, 11) is 2.20. The highest BCUT2D eigenvalue weighted by Crippen LogP contribution is 2.16. The third kappa shape index (κ3) is 3.61. The van der Waals surface area contributed by atoms with Crippen molar-refractivity contribution in [2.45, 2.75) is 19.4 Å². The van der Waals surface area contributed by atoms with E-state index in [0.717, 1.165) is 29.4 Å². The van der Waals surface area contributed by atoms with E-state index < -0.39 is 0 Å². The molecule has 1 fully saturated rings. The van der Waals surface area contributed by atoms with Gasteiger partial charge in [0.2, 0.25) is 0 Å². The van der Waals surface area contributed by atoms with Crippen LogP contribution in [0.2, 0.25) is 0 Å². The Balaban J connectivity index is 1.64. The summed E-state index contributed by atoms with van der Waals surface area (Å²) in [5.41, 5.74) is 0. The highest BCUT2D eigenvalue weighted by Gasteiger charge is 2.15. The molecule has 0 radical (unpaired) electrons. The molecule has 0 spiro atoms. The number of nitrogens with one attached hydrogen (secondary N) is 1. The normalized spacial score (nSPS) is 19.1. The van der Waals surface area contributed by atoms with Crippen molar-refractivity contribution in [2.75, 3.05) is 26.7 Å². The molecule has 1 aliphatic rings. The zero-order valence-corrected chi connectivity index (χ0v) is 11.3. The minimum absolute atomic E-state index is 0.809. The minimum atomic E-state index is 0.809. The number of nitrogens with zero attached hydrogens (tertiary/aromatic N) is 1. The zero-order chi connectivity index (χ0) is 11.4. The van der Waals surface area contributed by atoms with Gasteiger partial charge in [-0.2, -0.15) is 0 Å². The molecule has 2 heterocycles. The highest BCUT2D eigenvalue weighted by molar-refractivity contribution is 9.10. The minimum Gasteiger partial charge on any atom is -0.453 e. The molecule has 1 aromatic rings. The van der Waals surface area contributed by atoms with E-state index in [0.29, 0.717) is 0 Å². The van der Waals surface area contributed by atoms with E-state index in [1.54, 1.807) is 0 Å². The maximum atomic E-state index is 5.44. The van der Waals surface area contributed by atoms with Gasteiger partial charge >= 0.3 is 0 Å². The van der Waals surface area contributed by atoms with Crippen LogP contribution in [0, 0.1) is 5.92 Å². The van der Waals surface area contributed by atoms with Gasteiger partial charge in [0.05, 0.1) is 6.54 Å². The Hall–Kier alpha value is -0.320. The average molecular weight is 287 g/mol. The van der Waals surface area contributed by atoms with Gasteiger partial charge in [-0.05, 0) is 73.5 Å². The highest BCUT2D eigenvalue weighted by atomic mass is 79.9. The van der Waals surface area contributed by atoms with E-state index in [1.165, 1.54) is 25.9 Å². The first-order chi connectivity index (χ1) is 7.74. The molecule has 90 valence electrons. The van der Waals surface area contributed by atoms with Gasteiger partial charge in [-0.25, -0.2) is 0 Å². The molecule has 3 nitrogen and oxygen atoms in total. The maximum Gasteiger partial charge on any atom is 0.169 e. The number of hydrogen-bond acceptors (Lipinski definition) is 3. The predicted octanol–water partition coefficient (Wildman–Crippen LogP) is 2.47. The largest absolute Gasteiger partial charge is 0.453 e. The standard InChI is InChI=1S/C12H19BrN2O/c1-15-6-4-10(5-7-15)8-14-9-11-2-3-12(13)16-11/h2-3,10,14H,4-9H2,1H3. The molecule has 1 saturated heterocycles. The summed E-state index contributed by atoms with van der Waals surface area (Å²) in [5.74, 6) is 1.83. The van der Waals surface area contributed by atoms with Crippen LogP contribution in [0.5, 0.6) is 0 Å². The third-order valence-corrected chi connectivity index (χ3v) is 3.63. The first-order valence-electron chi connectivity index (χ1n) is 5.87.